The summed E-state index contributed by atoms with van der Waals surface area (Å²) in [4.78, 5) is 14.7. The largest absolute Gasteiger partial charge is 0.390 e. The summed E-state index contributed by atoms with van der Waals surface area (Å²) in [6.45, 7) is 8.28. The second kappa shape index (κ2) is 6.82. The maximum absolute atomic E-state index is 12.7. The lowest BCUT2D eigenvalue weighted by molar-refractivity contribution is -0.245. The number of hydrogen-bond donors (Lipinski definition) is 1. The van der Waals surface area contributed by atoms with Crippen molar-refractivity contribution < 1.29 is 19.4 Å². The maximum atomic E-state index is 12.7. The van der Waals surface area contributed by atoms with Crippen LogP contribution in [0.15, 0.2) is 12.3 Å². The number of hydrogen-bond acceptors (Lipinski definition) is 5. The van der Waals surface area contributed by atoms with Crippen LogP contribution in [-0.2, 0) is 16.5 Å². The minimum absolute atomic E-state index is 0.0404. The van der Waals surface area contributed by atoms with Crippen LogP contribution < -0.4 is 0 Å². The van der Waals surface area contributed by atoms with Crippen molar-refractivity contribution in [1.82, 2.24) is 14.7 Å². The average Bonchev–Trinajstić information content (AvgIpc) is 3.26. The molecule has 3 aliphatic rings. The molecular formula is C21H33N3O4. The van der Waals surface area contributed by atoms with Crippen LogP contribution in [0.25, 0.3) is 0 Å². The molecule has 0 unspecified atom stereocenters. The Bertz CT molecular complexity index is 738. The molecule has 4 rings (SSSR count). The molecule has 1 spiro atoms. The van der Waals surface area contributed by atoms with Gasteiger partial charge in [-0.3, -0.25) is 9.48 Å². The zero-order valence-corrected chi connectivity index (χ0v) is 17.5. The molecule has 0 saturated carbocycles. The number of nitrogens with zero attached hydrogens (tertiary/aromatic N) is 3. The lowest BCUT2D eigenvalue weighted by atomic mass is 9.73. The smallest absolute Gasteiger partial charge is 0.272 e. The van der Waals surface area contributed by atoms with E-state index in [1.165, 1.54) is 0 Å². The maximum Gasteiger partial charge on any atom is 0.272 e. The molecule has 0 radical (unpaired) electrons. The van der Waals surface area contributed by atoms with Crippen molar-refractivity contribution in [2.24, 2.45) is 12.5 Å². The normalized spacial score (nSPS) is 34.7. The molecule has 3 atom stereocenters. The molecule has 4 heterocycles. The highest BCUT2D eigenvalue weighted by atomic mass is 16.6. The zero-order valence-electron chi connectivity index (χ0n) is 17.5. The summed E-state index contributed by atoms with van der Waals surface area (Å²) in [6.07, 6.45) is 5.69. The Hall–Kier alpha value is -1.44. The van der Waals surface area contributed by atoms with Crippen LogP contribution in [0.3, 0.4) is 0 Å². The van der Waals surface area contributed by atoms with Gasteiger partial charge in [-0.1, -0.05) is 0 Å². The molecule has 156 valence electrons. The summed E-state index contributed by atoms with van der Waals surface area (Å²) in [5, 5.41) is 14.3. The molecule has 3 fully saturated rings. The fraction of sp³-hybridized carbons (Fsp3) is 0.810. The van der Waals surface area contributed by atoms with Crippen LogP contribution in [0.1, 0.15) is 63.4 Å². The summed E-state index contributed by atoms with van der Waals surface area (Å²) in [5.74, 6) is 0.0589. The van der Waals surface area contributed by atoms with Gasteiger partial charge < -0.3 is 19.5 Å². The third kappa shape index (κ3) is 3.37. The molecule has 3 aliphatic heterocycles. The van der Waals surface area contributed by atoms with E-state index in [1.54, 1.807) is 24.0 Å². The van der Waals surface area contributed by atoms with E-state index in [4.69, 9.17) is 9.47 Å². The molecule has 7 nitrogen and oxygen atoms in total. The number of aryl methyl sites for hydroxylation is 1. The molecule has 1 N–H and O–H groups in total. The molecule has 0 aliphatic carbocycles. The van der Waals surface area contributed by atoms with Crippen LogP contribution in [0.2, 0.25) is 0 Å². The number of carbonyl (C=O) groups is 1. The van der Waals surface area contributed by atoms with Gasteiger partial charge in [0.1, 0.15) is 5.69 Å². The minimum Gasteiger partial charge on any atom is -0.390 e. The van der Waals surface area contributed by atoms with Gasteiger partial charge in [0, 0.05) is 26.3 Å². The van der Waals surface area contributed by atoms with Gasteiger partial charge in [-0.15, -0.1) is 0 Å². The van der Waals surface area contributed by atoms with Crippen LogP contribution >= 0.6 is 0 Å². The first-order chi connectivity index (χ1) is 13.1. The Morgan fingerprint density at radius 2 is 1.96 bits per heavy atom. The summed E-state index contributed by atoms with van der Waals surface area (Å²) in [6, 6.07) is 1.78. The molecular weight excluding hydrogens is 358 g/mol. The number of likely N-dealkylation sites (tertiary alicyclic amines) is 1. The third-order valence-electron chi connectivity index (χ3n) is 7.25. The topological polar surface area (TPSA) is 76.8 Å². The van der Waals surface area contributed by atoms with Gasteiger partial charge in [-0.2, -0.15) is 5.10 Å². The van der Waals surface area contributed by atoms with E-state index in [-0.39, 0.29) is 23.0 Å². The Labute approximate surface area is 167 Å². The van der Waals surface area contributed by atoms with Gasteiger partial charge in [0.2, 0.25) is 0 Å². The van der Waals surface area contributed by atoms with Gasteiger partial charge in [0.15, 0.2) is 0 Å². The van der Waals surface area contributed by atoms with Crippen molar-refractivity contribution >= 4 is 5.91 Å². The standard InChI is InChI=1S/C21H33N3O4/c1-19(2)16(25)5-7-20(3,28-19)17-13-21(14-27-17)8-11-24(12-9-21)18(26)15-6-10-22-23(15)4/h6,10,16-17,25H,5,7-9,11-14H2,1-4H3/t16-,17+,20+/m0/s1. The lowest BCUT2D eigenvalue weighted by Crippen LogP contribution is -2.56. The number of piperidine rings is 1. The Balaban J connectivity index is 1.38. The Kier molecular flexibility index (Phi) is 4.83. The number of aliphatic hydroxyl groups is 1. The van der Waals surface area contributed by atoms with Crippen LogP contribution in [0, 0.1) is 5.41 Å². The summed E-state index contributed by atoms with van der Waals surface area (Å²) >= 11 is 0. The van der Waals surface area contributed by atoms with Crippen LogP contribution in [0.5, 0.6) is 0 Å². The van der Waals surface area contributed by atoms with Gasteiger partial charge >= 0.3 is 0 Å². The van der Waals surface area contributed by atoms with Crippen molar-refractivity contribution in [1.29, 1.82) is 0 Å². The van der Waals surface area contributed by atoms with Crippen LogP contribution in [-0.4, -0.2) is 68.8 Å². The first-order valence-electron chi connectivity index (χ1n) is 10.4. The molecule has 28 heavy (non-hydrogen) atoms. The quantitative estimate of drug-likeness (QED) is 0.836. The Morgan fingerprint density at radius 1 is 1.25 bits per heavy atom. The van der Waals surface area contributed by atoms with E-state index in [9.17, 15) is 9.90 Å². The van der Waals surface area contributed by atoms with E-state index in [1.807, 2.05) is 18.7 Å². The summed E-state index contributed by atoms with van der Waals surface area (Å²) in [7, 11) is 1.80. The summed E-state index contributed by atoms with van der Waals surface area (Å²) < 4.78 is 14.3. The zero-order chi connectivity index (χ0) is 20.2. The van der Waals surface area contributed by atoms with E-state index in [2.05, 4.69) is 12.0 Å². The lowest BCUT2D eigenvalue weighted by Gasteiger charge is -2.48. The van der Waals surface area contributed by atoms with E-state index < -0.39 is 11.7 Å². The van der Waals surface area contributed by atoms with E-state index in [0.29, 0.717) is 5.69 Å². The minimum atomic E-state index is -0.551. The van der Waals surface area contributed by atoms with Crippen molar-refractivity contribution in [2.75, 3.05) is 19.7 Å². The summed E-state index contributed by atoms with van der Waals surface area (Å²) in [5.41, 5.74) is -0.153. The van der Waals surface area contributed by atoms with Crippen molar-refractivity contribution in [3.05, 3.63) is 18.0 Å². The number of aliphatic hydroxyl groups excluding tert-OH is 1. The number of ether oxygens (including phenoxy) is 2. The van der Waals surface area contributed by atoms with E-state index in [0.717, 1.165) is 51.8 Å². The van der Waals surface area contributed by atoms with Crippen molar-refractivity contribution in [3.8, 4) is 0 Å². The average molecular weight is 392 g/mol. The third-order valence-corrected chi connectivity index (χ3v) is 7.25. The molecule has 7 heteroatoms. The first-order valence-corrected chi connectivity index (χ1v) is 10.4. The second-order valence-electron chi connectivity index (χ2n) is 9.71. The molecule has 3 saturated heterocycles. The fourth-order valence-electron chi connectivity index (χ4n) is 5.18. The fourth-order valence-corrected chi connectivity index (χ4v) is 5.18. The molecule has 0 bridgehead atoms. The number of amides is 1. The van der Waals surface area contributed by atoms with E-state index >= 15 is 0 Å². The van der Waals surface area contributed by atoms with Crippen molar-refractivity contribution in [3.63, 3.8) is 0 Å². The van der Waals surface area contributed by atoms with Gasteiger partial charge in [-0.25, -0.2) is 0 Å². The van der Waals surface area contributed by atoms with Gasteiger partial charge in [0.25, 0.3) is 5.91 Å². The predicted molar refractivity (Wildman–Crippen MR) is 104 cm³/mol. The second-order valence-corrected chi connectivity index (χ2v) is 9.71. The highest BCUT2D eigenvalue weighted by molar-refractivity contribution is 5.92. The highest BCUT2D eigenvalue weighted by Crippen LogP contribution is 2.49. The SMILES string of the molecule is Cn1nccc1C(=O)N1CCC2(CC1)CO[C@@H]([C@@]1(C)CC[C@H](O)C(C)(C)O1)C2. The Morgan fingerprint density at radius 3 is 2.57 bits per heavy atom. The predicted octanol–water partition coefficient (Wildman–Crippen LogP) is 2.14. The highest BCUT2D eigenvalue weighted by Gasteiger charge is 2.53. The number of aromatic nitrogens is 2. The first kappa shape index (κ1) is 19.9. The number of rotatable bonds is 2. The van der Waals surface area contributed by atoms with Crippen molar-refractivity contribution in [2.45, 2.75) is 76.3 Å². The molecule has 1 aromatic heterocycles. The monoisotopic (exact) mass is 391 g/mol. The number of carbonyl (C=O) groups excluding carboxylic acids is 1. The molecule has 1 aromatic rings. The van der Waals surface area contributed by atoms with Gasteiger partial charge in [-0.05, 0) is 64.4 Å². The molecule has 0 aromatic carbocycles. The van der Waals surface area contributed by atoms with Crippen LogP contribution in [0.4, 0.5) is 0 Å². The van der Waals surface area contributed by atoms with Gasteiger partial charge in [0.05, 0.1) is 30.0 Å². The molecule has 1 amide bonds.